The standard InChI is InChI=1S/C16H30N4/c1-13-11-14(2)20(18-13)10-6-8-17-15(3)16-7-5-9-19(4)12-16/h11,15-17H,5-10,12H2,1-4H3. The second-order valence-corrected chi connectivity index (χ2v) is 6.41. The number of aryl methyl sites for hydroxylation is 3. The number of hydrogen-bond donors (Lipinski definition) is 1. The van der Waals surface area contributed by atoms with E-state index in [1.807, 2.05) is 0 Å². The summed E-state index contributed by atoms with van der Waals surface area (Å²) in [5, 5.41) is 8.21. The van der Waals surface area contributed by atoms with Crippen LogP contribution < -0.4 is 5.32 Å². The van der Waals surface area contributed by atoms with E-state index in [4.69, 9.17) is 0 Å². The first-order chi connectivity index (χ1) is 9.56. The van der Waals surface area contributed by atoms with Gasteiger partial charge < -0.3 is 10.2 Å². The molecule has 1 aromatic rings. The molecule has 0 bridgehead atoms. The minimum atomic E-state index is 0.623. The van der Waals surface area contributed by atoms with Crippen molar-refractivity contribution in [2.75, 3.05) is 26.7 Å². The van der Waals surface area contributed by atoms with Gasteiger partial charge in [-0.25, -0.2) is 0 Å². The van der Waals surface area contributed by atoms with Crippen molar-refractivity contribution in [2.24, 2.45) is 5.92 Å². The van der Waals surface area contributed by atoms with Crippen molar-refractivity contribution in [3.05, 3.63) is 17.5 Å². The molecule has 0 aliphatic carbocycles. The molecule has 114 valence electrons. The number of likely N-dealkylation sites (tertiary alicyclic amines) is 1. The van der Waals surface area contributed by atoms with Gasteiger partial charge in [-0.15, -0.1) is 0 Å². The Balaban J connectivity index is 1.66. The Morgan fingerprint density at radius 3 is 2.90 bits per heavy atom. The molecule has 1 fully saturated rings. The van der Waals surface area contributed by atoms with E-state index in [1.165, 1.54) is 31.6 Å². The highest BCUT2D eigenvalue weighted by molar-refractivity contribution is 5.06. The zero-order chi connectivity index (χ0) is 14.5. The van der Waals surface area contributed by atoms with Crippen molar-refractivity contribution in [1.29, 1.82) is 0 Å². The highest BCUT2D eigenvalue weighted by Crippen LogP contribution is 2.18. The molecule has 1 aliphatic heterocycles. The summed E-state index contributed by atoms with van der Waals surface area (Å²) >= 11 is 0. The Hall–Kier alpha value is -0.870. The minimum absolute atomic E-state index is 0.623. The number of nitrogens with zero attached hydrogens (tertiary/aromatic N) is 3. The van der Waals surface area contributed by atoms with E-state index in [-0.39, 0.29) is 0 Å². The van der Waals surface area contributed by atoms with Gasteiger partial charge in [0.05, 0.1) is 5.69 Å². The second kappa shape index (κ2) is 7.23. The van der Waals surface area contributed by atoms with E-state index in [0.717, 1.165) is 31.1 Å². The van der Waals surface area contributed by atoms with Crippen LogP contribution >= 0.6 is 0 Å². The van der Waals surface area contributed by atoms with Crippen LogP contribution in [0.4, 0.5) is 0 Å². The molecule has 0 radical (unpaired) electrons. The van der Waals surface area contributed by atoms with E-state index in [9.17, 15) is 0 Å². The van der Waals surface area contributed by atoms with Gasteiger partial charge in [0, 0.05) is 24.8 Å². The third kappa shape index (κ3) is 4.32. The van der Waals surface area contributed by atoms with Gasteiger partial charge in [-0.2, -0.15) is 5.10 Å². The molecule has 4 nitrogen and oxygen atoms in total. The predicted molar refractivity (Wildman–Crippen MR) is 84.0 cm³/mol. The number of hydrogen-bond acceptors (Lipinski definition) is 3. The highest BCUT2D eigenvalue weighted by atomic mass is 15.3. The molecule has 2 rings (SSSR count). The Labute approximate surface area is 123 Å². The summed E-state index contributed by atoms with van der Waals surface area (Å²) in [4.78, 5) is 2.46. The maximum atomic E-state index is 4.51. The zero-order valence-corrected chi connectivity index (χ0v) is 13.5. The lowest BCUT2D eigenvalue weighted by Crippen LogP contribution is -2.43. The molecule has 0 spiro atoms. The van der Waals surface area contributed by atoms with E-state index in [2.05, 4.69) is 53.9 Å². The normalized spacial score (nSPS) is 22.1. The van der Waals surface area contributed by atoms with Gasteiger partial charge in [0.15, 0.2) is 0 Å². The average molecular weight is 278 g/mol. The monoisotopic (exact) mass is 278 g/mol. The van der Waals surface area contributed by atoms with Crippen LogP contribution in [0.15, 0.2) is 6.07 Å². The summed E-state index contributed by atoms with van der Waals surface area (Å²) in [5.41, 5.74) is 2.39. The fourth-order valence-electron chi connectivity index (χ4n) is 3.24. The smallest absolute Gasteiger partial charge is 0.0596 e. The highest BCUT2D eigenvalue weighted by Gasteiger charge is 2.22. The maximum absolute atomic E-state index is 4.51. The molecule has 1 N–H and O–H groups in total. The number of nitrogens with one attached hydrogen (secondary N) is 1. The average Bonchev–Trinajstić information content (AvgIpc) is 2.73. The molecule has 4 heteroatoms. The minimum Gasteiger partial charge on any atom is -0.314 e. The summed E-state index contributed by atoms with van der Waals surface area (Å²) in [6.07, 6.45) is 3.86. The third-order valence-corrected chi connectivity index (χ3v) is 4.48. The van der Waals surface area contributed by atoms with Crippen LogP contribution in [-0.4, -0.2) is 47.4 Å². The molecule has 20 heavy (non-hydrogen) atoms. The van der Waals surface area contributed by atoms with Crippen molar-refractivity contribution in [2.45, 2.75) is 52.6 Å². The SMILES string of the molecule is Cc1cc(C)n(CCCNC(C)C2CCCN(C)C2)n1. The molecule has 1 aromatic heterocycles. The van der Waals surface area contributed by atoms with Gasteiger partial charge in [0.2, 0.25) is 0 Å². The Kier molecular flexibility index (Phi) is 5.61. The quantitative estimate of drug-likeness (QED) is 0.810. The molecular weight excluding hydrogens is 248 g/mol. The second-order valence-electron chi connectivity index (χ2n) is 6.41. The first-order valence-electron chi connectivity index (χ1n) is 7.99. The van der Waals surface area contributed by atoms with Crippen LogP contribution in [0.3, 0.4) is 0 Å². The van der Waals surface area contributed by atoms with E-state index in [0.29, 0.717) is 6.04 Å². The molecular formula is C16H30N4. The summed E-state index contributed by atoms with van der Waals surface area (Å²) < 4.78 is 2.12. The summed E-state index contributed by atoms with van der Waals surface area (Å²) in [7, 11) is 2.24. The molecule has 0 aromatic carbocycles. The number of rotatable bonds is 6. The van der Waals surface area contributed by atoms with Gasteiger partial charge in [0.25, 0.3) is 0 Å². The largest absolute Gasteiger partial charge is 0.314 e. The van der Waals surface area contributed by atoms with Gasteiger partial charge in [-0.3, -0.25) is 4.68 Å². The molecule has 0 saturated carbocycles. The zero-order valence-electron chi connectivity index (χ0n) is 13.5. The first-order valence-corrected chi connectivity index (χ1v) is 7.99. The lowest BCUT2D eigenvalue weighted by Gasteiger charge is -2.34. The number of aromatic nitrogens is 2. The first kappa shape index (κ1) is 15.5. The van der Waals surface area contributed by atoms with E-state index >= 15 is 0 Å². The summed E-state index contributed by atoms with van der Waals surface area (Å²) in [6.45, 7) is 11.1. The topological polar surface area (TPSA) is 33.1 Å². The summed E-state index contributed by atoms with van der Waals surface area (Å²) in [6, 6.07) is 2.77. The Bertz CT molecular complexity index is 413. The van der Waals surface area contributed by atoms with Crippen LogP contribution in [0.25, 0.3) is 0 Å². The van der Waals surface area contributed by atoms with Gasteiger partial charge in [-0.05, 0) is 72.2 Å². The van der Waals surface area contributed by atoms with Gasteiger partial charge >= 0.3 is 0 Å². The fourth-order valence-corrected chi connectivity index (χ4v) is 3.24. The van der Waals surface area contributed by atoms with Crippen LogP contribution in [-0.2, 0) is 6.54 Å². The fraction of sp³-hybridized carbons (Fsp3) is 0.812. The lowest BCUT2D eigenvalue weighted by molar-refractivity contribution is 0.178. The van der Waals surface area contributed by atoms with Crippen LogP contribution in [0.1, 0.15) is 37.6 Å². The van der Waals surface area contributed by atoms with Crippen LogP contribution in [0.5, 0.6) is 0 Å². The molecule has 0 amide bonds. The molecule has 2 atom stereocenters. The van der Waals surface area contributed by atoms with Crippen molar-refractivity contribution >= 4 is 0 Å². The molecule has 1 aliphatic rings. The van der Waals surface area contributed by atoms with Crippen molar-refractivity contribution < 1.29 is 0 Å². The Morgan fingerprint density at radius 1 is 1.45 bits per heavy atom. The predicted octanol–water partition coefficient (Wildman–Crippen LogP) is 2.21. The van der Waals surface area contributed by atoms with Gasteiger partial charge in [-0.1, -0.05) is 0 Å². The third-order valence-electron chi connectivity index (χ3n) is 4.48. The maximum Gasteiger partial charge on any atom is 0.0596 e. The van der Waals surface area contributed by atoms with Crippen molar-refractivity contribution in [3.8, 4) is 0 Å². The van der Waals surface area contributed by atoms with Crippen LogP contribution in [0, 0.1) is 19.8 Å². The molecule has 2 heterocycles. The van der Waals surface area contributed by atoms with Gasteiger partial charge in [0.1, 0.15) is 0 Å². The lowest BCUT2D eigenvalue weighted by atomic mass is 9.92. The molecule has 2 unspecified atom stereocenters. The van der Waals surface area contributed by atoms with E-state index in [1.54, 1.807) is 0 Å². The number of piperidine rings is 1. The Morgan fingerprint density at radius 2 is 2.25 bits per heavy atom. The van der Waals surface area contributed by atoms with Crippen LogP contribution in [0.2, 0.25) is 0 Å². The molecule has 1 saturated heterocycles. The van der Waals surface area contributed by atoms with E-state index < -0.39 is 0 Å². The summed E-state index contributed by atoms with van der Waals surface area (Å²) in [5.74, 6) is 0.808. The van der Waals surface area contributed by atoms with Crippen molar-refractivity contribution in [1.82, 2.24) is 20.0 Å². The van der Waals surface area contributed by atoms with Crippen molar-refractivity contribution in [3.63, 3.8) is 0 Å².